The number of anilines is 1. The van der Waals surface area contributed by atoms with Crippen molar-refractivity contribution in [3.05, 3.63) is 31.9 Å². The molecule has 0 radical (unpaired) electrons. The maximum absolute atomic E-state index is 13.2. The number of nitriles is 1. The van der Waals surface area contributed by atoms with Gasteiger partial charge in [0.05, 0.1) is 11.5 Å². The van der Waals surface area contributed by atoms with Crippen LogP contribution in [0.15, 0.2) is 9.70 Å². The summed E-state index contributed by atoms with van der Waals surface area (Å²) in [5.41, 5.74) is 0.751. The number of amides is 2. The molecule has 0 N–H and O–H groups in total. The Morgan fingerprint density at radius 2 is 1.89 bits per heavy atom. The van der Waals surface area contributed by atoms with Crippen LogP contribution in [0.2, 0.25) is 0 Å². The first kappa shape index (κ1) is 27.7. The number of thioether (sulfide) groups is 1. The highest BCUT2D eigenvalue weighted by Crippen LogP contribution is 2.36. The Morgan fingerprint density at radius 3 is 2.50 bits per heavy atom. The second-order valence-electron chi connectivity index (χ2n) is 8.27. The Hall–Kier alpha value is -2.88. The number of carbonyl (C=O) groups excluding carboxylic acids is 2. The zero-order valence-corrected chi connectivity index (χ0v) is 22.7. The van der Waals surface area contributed by atoms with Crippen LogP contribution in [0, 0.1) is 18.3 Å². The molecule has 1 aromatic heterocycles. The third kappa shape index (κ3) is 5.74. The number of hydrogen-bond donors (Lipinski definition) is 0. The highest BCUT2D eigenvalue weighted by molar-refractivity contribution is 8.26. The molecule has 2 aliphatic heterocycles. The van der Waals surface area contributed by atoms with E-state index in [9.17, 15) is 19.6 Å². The molecule has 3 rings (SSSR count). The van der Waals surface area contributed by atoms with E-state index < -0.39 is 5.56 Å². The predicted molar refractivity (Wildman–Crippen MR) is 143 cm³/mol. The van der Waals surface area contributed by atoms with E-state index >= 15 is 0 Å². The van der Waals surface area contributed by atoms with Crippen molar-refractivity contribution in [3.8, 4) is 6.07 Å². The number of nitrogens with zero attached hydrogens (tertiary/aromatic N) is 5. The second kappa shape index (κ2) is 12.4. The van der Waals surface area contributed by atoms with Gasteiger partial charge in [0.15, 0.2) is 0 Å². The van der Waals surface area contributed by atoms with Gasteiger partial charge >= 0.3 is 6.09 Å². The maximum Gasteiger partial charge on any atom is 0.409 e. The summed E-state index contributed by atoms with van der Waals surface area (Å²) >= 11 is 6.66. The summed E-state index contributed by atoms with van der Waals surface area (Å²) in [4.78, 5) is 43.9. The Bertz CT molecular complexity index is 1160. The molecule has 194 valence electrons. The summed E-state index contributed by atoms with van der Waals surface area (Å²) in [6, 6.07) is 2.01. The number of aromatic nitrogens is 1. The van der Waals surface area contributed by atoms with Crippen LogP contribution in [-0.2, 0) is 21.3 Å². The zero-order valence-electron chi connectivity index (χ0n) is 21.0. The monoisotopic (exact) mass is 533 g/mol. The van der Waals surface area contributed by atoms with E-state index in [1.54, 1.807) is 36.8 Å². The summed E-state index contributed by atoms with van der Waals surface area (Å²) < 4.78 is 12.4. The van der Waals surface area contributed by atoms with Crippen LogP contribution in [0.3, 0.4) is 0 Å². The highest BCUT2D eigenvalue weighted by atomic mass is 32.2. The Kier molecular flexibility index (Phi) is 9.53. The maximum atomic E-state index is 13.2. The van der Waals surface area contributed by atoms with Crippen LogP contribution < -0.4 is 10.5 Å². The van der Waals surface area contributed by atoms with Crippen molar-refractivity contribution in [2.45, 2.75) is 27.2 Å². The van der Waals surface area contributed by atoms with E-state index in [1.165, 1.54) is 16.3 Å². The van der Waals surface area contributed by atoms with Crippen molar-refractivity contribution in [2.24, 2.45) is 7.05 Å². The van der Waals surface area contributed by atoms with Gasteiger partial charge in [-0.15, -0.1) is 0 Å². The highest BCUT2D eigenvalue weighted by Gasteiger charge is 2.33. The number of carbonyl (C=O) groups is 2. The summed E-state index contributed by atoms with van der Waals surface area (Å²) in [5, 5.41) is 9.66. The molecule has 0 saturated carbocycles. The predicted octanol–water partition coefficient (Wildman–Crippen LogP) is 2.47. The Morgan fingerprint density at radius 1 is 1.19 bits per heavy atom. The molecule has 0 aromatic carbocycles. The first-order chi connectivity index (χ1) is 17.2. The van der Waals surface area contributed by atoms with Gasteiger partial charge in [0.1, 0.15) is 21.8 Å². The zero-order chi connectivity index (χ0) is 26.4. The van der Waals surface area contributed by atoms with Gasteiger partial charge in [-0.3, -0.25) is 19.1 Å². The van der Waals surface area contributed by atoms with Gasteiger partial charge in [-0.2, -0.15) is 5.26 Å². The van der Waals surface area contributed by atoms with Crippen LogP contribution in [0.4, 0.5) is 10.6 Å². The van der Waals surface area contributed by atoms with Gasteiger partial charge in [-0.05, 0) is 38.8 Å². The lowest BCUT2D eigenvalue weighted by molar-refractivity contribution is -0.122. The molecule has 2 amide bonds. The van der Waals surface area contributed by atoms with Crippen molar-refractivity contribution < 1.29 is 19.1 Å². The van der Waals surface area contributed by atoms with E-state index in [2.05, 4.69) is 0 Å². The first-order valence-corrected chi connectivity index (χ1v) is 13.1. The topological polar surface area (TPSA) is 108 Å². The first-order valence-electron chi connectivity index (χ1n) is 11.9. The third-order valence-corrected chi connectivity index (χ3v) is 7.47. The number of hydrogen-bond acceptors (Lipinski definition) is 9. The lowest BCUT2D eigenvalue weighted by Gasteiger charge is -2.37. The molecule has 12 heteroatoms. The summed E-state index contributed by atoms with van der Waals surface area (Å²) in [7, 11) is 1.62. The van der Waals surface area contributed by atoms with Crippen molar-refractivity contribution >= 4 is 52.2 Å². The summed E-state index contributed by atoms with van der Waals surface area (Å²) in [6.45, 7) is 9.10. The molecule has 0 bridgehead atoms. The van der Waals surface area contributed by atoms with Gasteiger partial charge < -0.3 is 19.3 Å². The van der Waals surface area contributed by atoms with Gasteiger partial charge in [0.25, 0.3) is 11.5 Å². The number of rotatable bonds is 8. The van der Waals surface area contributed by atoms with Crippen LogP contribution in [0.5, 0.6) is 0 Å². The van der Waals surface area contributed by atoms with E-state index in [1.807, 2.05) is 17.9 Å². The summed E-state index contributed by atoms with van der Waals surface area (Å²) in [5.74, 6) is 0.396. The van der Waals surface area contributed by atoms with Crippen LogP contribution in [0.25, 0.3) is 6.08 Å². The molecule has 0 unspecified atom stereocenters. The molecule has 0 aliphatic carbocycles. The van der Waals surface area contributed by atoms with Gasteiger partial charge in [-0.25, -0.2) is 4.79 Å². The molecule has 36 heavy (non-hydrogen) atoms. The molecular weight excluding hydrogens is 502 g/mol. The Labute approximate surface area is 220 Å². The van der Waals surface area contributed by atoms with E-state index in [-0.39, 0.29) is 17.6 Å². The van der Waals surface area contributed by atoms with Gasteiger partial charge in [-0.1, -0.05) is 24.0 Å². The average molecular weight is 534 g/mol. The van der Waals surface area contributed by atoms with Crippen LogP contribution in [-0.4, -0.2) is 83.2 Å². The number of thiocarbonyl (C=S) groups is 1. The second-order valence-corrected chi connectivity index (χ2v) is 9.95. The Balaban J connectivity index is 1.96. The third-order valence-electron chi connectivity index (χ3n) is 6.10. The molecule has 2 aliphatic rings. The van der Waals surface area contributed by atoms with Gasteiger partial charge in [0, 0.05) is 58.5 Å². The fourth-order valence-corrected chi connectivity index (χ4v) is 5.49. The minimum Gasteiger partial charge on any atom is -0.450 e. The number of ether oxygens (including phenoxy) is 2. The molecule has 3 heterocycles. The quantitative estimate of drug-likeness (QED) is 0.283. The molecular formula is C24H31N5O5S2. The standard InChI is InChI=1S/C24H31N5O5S2/c1-5-33-13-7-8-29-22(31)19(36-24(29)35)14-17-16(3)18(15-25)21(30)26(4)20(17)27-9-11-28(12-10-27)23(32)34-6-2/h14H,5-13H2,1-4H3. The minimum atomic E-state index is -0.404. The van der Waals surface area contributed by atoms with Crippen molar-refractivity contribution in [1.29, 1.82) is 5.26 Å². The SMILES string of the molecule is CCOCCCN1C(=O)C(=Cc2c(C)c(C#N)c(=O)n(C)c2N2CCN(C(=O)OCC)CC2)SC1=S. The molecule has 0 spiro atoms. The minimum absolute atomic E-state index is 0.0323. The summed E-state index contributed by atoms with van der Waals surface area (Å²) in [6.07, 6.45) is 2.03. The van der Waals surface area contributed by atoms with Gasteiger partial charge in [0.2, 0.25) is 0 Å². The average Bonchev–Trinajstić information content (AvgIpc) is 3.13. The molecule has 2 fully saturated rings. The van der Waals surface area contributed by atoms with Crippen LogP contribution >= 0.6 is 24.0 Å². The van der Waals surface area contributed by atoms with Crippen molar-refractivity contribution in [3.63, 3.8) is 0 Å². The molecule has 0 atom stereocenters. The van der Waals surface area contributed by atoms with E-state index in [4.69, 9.17) is 21.7 Å². The lowest BCUT2D eigenvalue weighted by Crippen LogP contribution is -2.50. The van der Waals surface area contributed by atoms with Crippen molar-refractivity contribution in [2.75, 3.05) is 57.4 Å². The molecule has 10 nitrogen and oxygen atoms in total. The smallest absolute Gasteiger partial charge is 0.409 e. The normalized spacial score (nSPS) is 17.2. The van der Waals surface area contributed by atoms with E-state index in [0.717, 1.165) is 0 Å². The fourth-order valence-electron chi connectivity index (χ4n) is 4.20. The molecule has 1 aromatic rings. The van der Waals surface area contributed by atoms with E-state index in [0.29, 0.717) is 85.1 Å². The molecule has 2 saturated heterocycles. The van der Waals surface area contributed by atoms with Crippen LogP contribution in [0.1, 0.15) is 37.0 Å². The number of pyridine rings is 1. The van der Waals surface area contributed by atoms with Crippen molar-refractivity contribution in [1.82, 2.24) is 14.4 Å². The number of piperazine rings is 1. The lowest BCUT2D eigenvalue weighted by atomic mass is 10.0. The fraction of sp³-hybridized carbons (Fsp3) is 0.542. The largest absolute Gasteiger partial charge is 0.450 e.